The maximum atomic E-state index is 12.2. The van der Waals surface area contributed by atoms with E-state index in [2.05, 4.69) is 33.7 Å². The monoisotopic (exact) mass is 395 g/mol. The molecule has 4 heterocycles. The summed E-state index contributed by atoms with van der Waals surface area (Å²) in [6, 6.07) is 5.62. The van der Waals surface area contributed by atoms with Crippen LogP contribution in [0.25, 0.3) is 10.7 Å². The number of thiophene rings is 1. The summed E-state index contributed by atoms with van der Waals surface area (Å²) < 4.78 is 0. The number of H-pyrrole nitrogens is 1. The van der Waals surface area contributed by atoms with Crippen molar-refractivity contribution in [3.8, 4) is 10.7 Å². The average Bonchev–Trinajstić information content (AvgIpc) is 3.23. The number of nitrogens with zero attached hydrogens (tertiary/aromatic N) is 4. The molecule has 146 valence electrons. The van der Waals surface area contributed by atoms with Gasteiger partial charge in [0, 0.05) is 48.9 Å². The van der Waals surface area contributed by atoms with Gasteiger partial charge in [0.15, 0.2) is 0 Å². The molecule has 4 rings (SSSR count). The molecule has 1 aliphatic heterocycles. The molecule has 0 radical (unpaired) electrons. The fraction of sp³-hybridized carbons (Fsp3) is 0.429. The van der Waals surface area contributed by atoms with Crippen molar-refractivity contribution < 1.29 is 0 Å². The van der Waals surface area contributed by atoms with E-state index in [0.717, 1.165) is 54.4 Å². The maximum absolute atomic E-state index is 12.2. The molecule has 1 fully saturated rings. The highest BCUT2D eigenvalue weighted by molar-refractivity contribution is 7.13. The van der Waals surface area contributed by atoms with Gasteiger partial charge in [-0.3, -0.25) is 9.69 Å². The van der Waals surface area contributed by atoms with Crippen LogP contribution in [0.15, 0.2) is 40.8 Å². The van der Waals surface area contributed by atoms with Crippen LogP contribution < -0.4 is 5.56 Å². The summed E-state index contributed by atoms with van der Waals surface area (Å²) in [6.45, 7) is 6.97. The van der Waals surface area contributed by atoms with Gasteiger partial charge in [-0.05, 0) is 30.8 Å². The van der Waals surface area contributed by atoms with Gasteiger partial charge < -0.3 is 4.98 Å². The SMILES string of the molecule is CC(C)c1ncc(CN2CCCC(c3cc(=O)[nH]c(-c4cccs4)n3)C2)cn1. The molecule has 3 aromatic heterocycles. The zero-order chi connectivity index (χ0) is 19.5. The van der Waals surface area contributed by atoms with Crippen LogP contribution >= 0.6 is 11.3 Å². The first-order chi connectivity index (χ1) is 13.6. The highest BCUT2D eigenvalue weighted by Crippen LogP contribution is 2.28. The van der Waals surface area contributed by atoms with Gasteiger partial charge in [-0.15, -0.1) is 11.3 Å². The molecular weight excluding hydrogens is 370 g/mol. The predicted octanol–water partition coefficient (Wildman–Crippen LogP) is 3.79. The summed E-state index contributed by atoms with van der Waals surface area (Å²) in [5.41, 5.74) is 1.94. The highest BCUT2D eigenvalue weighted by atomic mass is 32.1. The minimum absolute atomic E-state index is 0.0804. The van der Waals surface area contributed by atoms with Crippen molar-refractivity contribution in [2.24, 2.45) is 0 Å². The first-order valence-electron chi connectivity index (χ1n) is 9.77. The Morgan fingerprint density at radius 2 is 2.14 bits per heavy atom. The Morgan fingerprint density at radius 3 is 2.86 bits per heavy atom. The van der Waals surface area contributed by atoms with E-state index >= 15 is 0 Å². The van der Waals surface area contributed by atoms with Crippen molar-refractivity contribution in [2.75, 3.05) is 13.1 Å². The third kappa shape index (κ3) is 4.36. The summed E-state index contributed by atoms with van der Waals surface area (Å²) in [5.74, 6) is 2.17. The quantitative estimate of drug-likeness (QED) is 0.711. The van der Waals surface area contributed by atoms with Crippen LogP contribution in [0.3, 0.4) is 0 Å². The molecular formula is C21H25N5OS. The molecule has 1 atom stereocenters. The van der Waals surface area contributed by atoms with E-state index in [4.69, 9.17) is 4.98 Å². The predicted molar refractivity (Wildman–Crippen MR) is 112 cm³/mol. The van der Waals surface area contributed by atoms with Gasteiger partial charge in [0.05, 0.1) is 10.6 Å². The molecule has 6 nitrogen and oxygen atoms in total. The Bertz CT molecular complexity index is 965. The normalized spacial score (nSPS) is 17.9. The van der Waals surface area contributed by atoms with Crippen LogP contribution in [0.4, 0.5) is 0 Å². The molecule has 0 spiro atoms. The molecule has 0 amide bonds. The third-order valence-corrected chi connectivity index (χ3v) is 5.96. The topological polar surface area (TPSA) is 74.8 Å². The summed E-state index contributed by atoms with van der Waals surface area (Å²) in [7, 11) is 0. The van der Waals surface area contributed by atoms with Crippen LogP contribution in [0.2, 0.25) is 0 Å². The number of aromatic nitrogens is 4. The van der Waals surface area contributed by atoms with Crippen molar-refractivity contribution in [2.45, 2.75) is 45.1 Å². The van der Waals surface area contributed by atoms with Gasteiger partial charge in [-0.2, -0.15) is 0 Å². The van der Waals surface area contributed by atoms with Gasteiger partial charge in [0.2, 0.25) is 0 Å². The van der Waals surface area contributed by atoms with Crippen LogP contribution in [-0.2, 0) is 6.54 Å². The number of nitrogens with one attached hydrogen (secondary N) is 1. The van der Waals surface area contributed by atoms with E-state index in [-0.39, 0.29) is 11.5 Å². The molecule has 1 saturated heterocycles. The summed E-state index contributed by atoms with van der Waals surface area (Å²) >= 11 is 1.59. The third-order valence-electron chi connectivity index (χ3n) is 5.09. The van der Waals surface area contributed by atoms with Crippen LogP contribution in [-0.4, -0.2) is 37.9 Å². The number of rotatable bonds is 5. The van der Waals surface area contributed by atoms with Gasteiger partial charge >= 0.3 is 0 Å². The smallest absolute Gasteiger partial charge is 0.251 e. The second-order valence-electron chi connectivity index (χ2n) is 7.67. The summed E-state index contributed by atoms with van der Waals surface area (Å²) in [4.78, 5) is 32.2. The maximum Gasteiger partial charge on any atom is 0.251 e. The second-order valence-corrected chi connectivity index (χ2v) is 8.62. The van der Waals surface area contributed by atoms with Crippen LogP contribution in [0.1, 0.15) is 55.6 Å². The number of hydrogen-bond donors (Lipinski definition) is 1. The lowest BCUT2D eigenvalue weighted by atomic mass is 9.94. The van der Waals surface area contributed by atoms with Crippen LogP contribution in [0, 0.1) is 0 Å². The molecule has 28 heavy (non-hydrogen) atoms. The average molecular weight is 396 g/mol. The second kappa shape index (κ2) is 8.32. The number of hydrogen-bond acceptors (Lipinski definition) is 6. The van der Waals surface area contributed by atoms with Crippen molar-refractivity contribution >= 4 is 11.3 Å². The van der Waals surface area contributed by atoms with Gasteiger partial charge in [0.25, 0.3) is 5.56 Å². The Kier molecular flexibility index (Phi) is 5.64. The zero-order valence-corrected chi connectivity index (χ0v) is 17.1. The van der Waals surface area contributed by atoms with E-state index in [1.807, 2.05) is 29.9 Å². The first-order valence-corrected chi connectivity index (χ1v) is 10.6. The van der Waals surface area contributed by atoms with Crippen molar-refractivity contribution in [1.29, 1.82) is 0 Å². The lowest BCUT2D eigenvalue weighted by molar-refractivity contribution is 0.198. The van der Waals surface area contributed by atoms with E-state index < -0.39 is 0 Å². The van der Waals surface area contributed by atoms with Crippen molar-refractivity contribution in [1.82, 2.24) is 24.8 Å². The molecule has 3 aromatic rings. The minimum Gasteiger partial charge on any atom is -0.306 e. The molecule has 1 N–H and O–H groups in total. The first kappa shape index (κ1) is 19.0. The zero-order valence-electron chi connectivity index (χ0n) is 16.3. The highest BCUT2D eigenvalue weighted by Gasteiger charge is 2.23. The minimum atomic E-state index is -0.0804. The van der Waals surface area contributed by atoms with Crippen molar-refractivity contribution in [3.05, 3.63) is 63.4 Å². The fourth-order valence-electron chi connectivity index (χ4n) is 3.66. The Morgan fingerprint density at radius 1 is 1.32 bits per heavy atom. The molecule has 1 aliphatic rings. The van der Waals surface area contributed by atoms with E-state index in [1.165, 1.54) is 0 Å². The summed E-state index contributed by atoms with van der Waals surface area (Å²) in [6.07, 6.45) is 6.02. The van der Waals surface area contributed by atoms with Gasteiger partial charge in [-0.25, -0.2) is 15.0 Å². The summed E-state index contributed by atoms with van der Waals surface area (Å²) in [5, 5.41) is 2.00. The van der Waals surface area contributed by atoms with E-state index in [1.54, 1.807) is 17.4 Å². The van der Waals surface area contributed by atoms with Crippen LogP contribution in [0.5, 0.6) is 0 Å². The van der Waals surface area contributed by atoms with E-state index in [0.29, 0.717) is 11.7 Å². The number of piperidine rings is 1. The number of aromatic amines is 1. The lowest BCUT2D eigenvalue weighted by Gasteiger charge is -2.32. The molecule has 0 bridgehead atoms. The Balaban J connectivity index is 1.49. The molecule has 0 aromatic carbocycles. The Labute approximate surface area is 168 Å². The molecule has 7 heteroatoms. The fourth-order valence-corrected chi connectivity index (χ4v) is 4.33. The molecule has 0 aliphatic carbocycles. The van der Waals surface area contributed by atoms with Gasteiger partial charge in [-0.1, -0.05) is 19.9 Å². The molecule has 1 unspecified atom stereocenters. The number of likely N-dealkylation sites (tertiary alicyclic amines) is 1. The van der Waals surface area contributed by atoms with E-state index in [9.17, 15) is 4.79 Å². The Hall–Kier alpha value is -2.38. The lowest BCUT2D eigenvalue weighted by Crippen LogP contribution is -2.34. The standard InChI is InChI=1S/C21H25N5OS/c1-14(2)20-22-10-15(11-23-20)12-26-7-3-5-16(13-26)17-9-19(27)25-21(24-17)18-6-4-8-28-18/h4,6,8-11,14,16H,3,5,7,12-13H2,1-2H3,(H,24,25,27). The van der Waals surface area contributed by atoms with Crippen molar-refractivity contribution in [3.63, 3.8) is 0 Å². The largest absolute Gasteiger partial charge is 0.306 e. The molecule has 0 saturated carbocycles. The van der Waals surface area contributed by atoms with Gasteiger partial charge in [0.1, 0.15) is 11.6 Å².